The van der Waals surface area contributed by atoms with E-state index in [2.05, 4.69) is 10.3 Å². The Morgan fingerprint density at radius 1 is 1.11 bits per heavy atom. The fourth-order valence-corrected chi connectivity index (χ4v) is 4.03. The van der Waals surface area contributed by atoms with Gasteiger partial charge in [-0.3, -0.25) is 14.4 Å². The standard InChI is InChI=1S/C21H30N4O3/c1-3-19(26)25-11-5-4-6-17(25)21(28)24-12-9-16(10-13-24)20(27)23-18-8-7-15(2)14-22-18/h7-8,14,16-17H,3-6,9-13H2,1-2H3,(H,22,23,27). The maximum Gasteiger partial charge on any atom is 0.245 e. The van der Waals surface area contributed by atoms with Crippen molar-refractivity contribution >= 4 is 23.5 Å². The first-order valence-corrected chi connectivity index (χ1v) is 10.3. The average molecular weight is 386 g/mol. The molecule has 1 aromatic rings. The van der Waals surface area contributed by atoms with Crippen molar-refractivity contribution in [1.29, 1.82) is 0 Å². The number of aromatic nitrogens is 1. The molecule has 2 aliphatic rings. The number of rotatable bonds is 4. The van der Waals surface area contributed by atoms with E-state index in [1.807, 2.05) is 24.8 Å². The lowest BCUT2D eigenvalue weighted by atomic mass is 9.94. The normalized spacial score (nSPS) is 20.7. The monoisotopic (exact) mass is 386 g/mol. The van der Waals surface area contributed by atoms with Gasteiger partial charge in [0.15, 0.2) is 0 Å². The quantitative estimate of drug-likeness (QED) is 0.861. The molecule has 3 rings (SSSR count). The smallest absolute Gasteiger partial charge is 0.245 e. The molecule has 0 bridgehead atoms. The molecule has 0 saturated carbocycles. The molecule has 1 atom stereocenters. The van der Waals surface area contributed by atoms with Crippen LogP contribution >= 0.6 is 0 Å². The summed E-state index contributed by atoms with van der Waals surface area (Å²) in [5.41, 5.74) is 1.04. The van der Waals surface area contributed by atoms with Crippen molar-refractivity contribution in [3.63, 3.8) is 0 Å². The Hall–Kier alpha value is -2.44. The highest BCUT2D eigenvalue weighted by atomic mass is 16.2. The van der Waals surface area contributed by atoms with Gasteiger partial charge in [0.2, 0.25) is 17.7 Å². The molecule has 0 aliphatic carbocycles. The molecule has 2 aliphatic heterocycles. The SMILES string of the molecule is CCC(=O)N1CCCCC1C(=O)N1CCC(C(=O)Nc2ccc(C)cn2)CC1. The van der Waals surface area contributed by atoms with Crippen LogP contribution in [0, 0.1) is 12.8 Å². The minimum absolute atomic E-state index is 0.0381. The summed E-state index contributed by atoms with van der Waals surface area (Å²) >= 11 is 0. The van der Waals surface area contributed by atoms with E-state index in [4.69, 9.17) is 0 Å². The van der Waals surface area contributed by atoms with Gasteiger partial charge in [-0.15, -0.1) is 0 Å². The Morgan fingerprint density at radius 2 is 1.86 bits per heavy atom. The van der Waals surface area contributed by atoms with E-state index in [0.29, 0.717) is 44.7 Å². The van der Waals surface area contributed by atoms with Crippen LogP contribution in [-0.4, -0.2) is 58.2 Å². The number of aryl methyl sites for hydroxylation is 1. The summed E-state index contributed by atoms with van der Waals surface area (Å²) in [6.45, 7) is 5.58. The van der Waals surface area contributed by atoms with Crippen LogP contribution in [0.2, 0.25) is 0 Å². The van der Waals surface area contributed by atoms with Crippen molar-refractivity contribution in [2.75, 3.05) is 25.0 Å². The predicted molar refractivity (Wildman–Crippen MR) is 107 cm³/mol. The first-order chi connectivity index (χ1) is 13.5. The van der Waals surface area contributed by atoms with Gasteiger partial charge < -0.3 is 15.1 Å². The third-order valence-electron chi connectivity index (χ3n) is 5.75. The van der Waals surface area contributed by atoms with E-state index in [-0.39, 0.29) is 29.7 Å². The van der Waals surface area contributed by atoms with Gasteiger partial charge in [-0.1, -0.05) is 13.0 Å². The molecule has 28 heavy (non-hydrogen) atoms. The van der Waals surface area contributed by atoms with Gasteiger partial charge in [0.05, 0.1) is 0 Å². The summed E-state index contributed by atoms with van der Waals surface area (Å²) in [5.74, 6) is 0.499. The molecule has 0 radical (unpaired) electrons. The summed E-state index contributed by atoms with van der Waals surface area (Å²) in [5, 5.41) is 2.87. The number of hydrogen-bond acceptors (Lipinski definition) is 4. The highest BCUT2D eigenvalue weighted by Gasteiger charge is 2.36. The molecule has 3 heterocycles. The Balaban J connectivity index is 1.53. The van der Waals surface area contributed by atoms with E-state index < -0.39 is 0 Å². The van der Waals surface area contributed by atoms with Crippen LogP contribution < -0.4 is 5.32 Å². The van der Waals surface area contributed by atoms with Crippen LogP contribution in [0.1, 0.15) is 51.0 Å². The first kappa shape index (κ1) is 20.3. The van der Waals surface area contributed by atoms with Gasteiger partial charge in [-0.05, 0) is 50.7 Å². The topological polar surface area (TPSA) is 82.6 Å². The minimum Gasteiger partial charge on any atom is -0.341 e. The average Bonchev–Trinajstić information content (AvgIpc) is 2.74. The highest BCUT2D eigenvalue weighted by molar-refractivity contribution is 5.92. The largest absolute Gasteiger partial charge is 0.341 e. The van der Waals surface area contributed by atoms with Crippen LogP contribution in [-0.2, 0) is 14.4 Å². The van der Waals surface area contributed by atoms with Crippen molar-refractivity contribution in [3.8, 4) is 0 Å². The second-order valence-electron chi connectivity index (χ2n) is 7.76. The number of amides is 3. The second-order valence-corrected chi connectivity index (χ2v) is 7.76. The molecule has 1 aromatic heterocycles. The van der Waals surface area contributed by atoms with E-state index >= 15 is 0 Å². The number of piperidine rings is 2. The van der Waals surface area contributed by atoms with E-state index in [1.165, 1.54) is 0 Å². The van der Waals surface area contributed by atoms with Crippen molar-refractivity contribution in [2.45, 2.75) is 58.4 Å². The molecule has 2 saturated heterocycles. The van der Waals surface area contributed by atoms with Gasteiger partial charge in [0.1, 0.15) is 11.9 Å². The maximum absolute atomic E-state index is 13.0. The zero-order valence-corrected chi connectivity index (χ0v) is 16.8. The molecule has 152 valence electrons. The molecule has 0 aromatic carbocycles. The van der Waals surface area contributed by atoms with Crippen LogP contribution in [0.4, 0.5) is 5.82 Å². The van der Waals surface area contributed by atoms with E-state index in [1.54, 1.807) is 17.2 Å². The van der Waals surface area contributed by atoms with E-state index in [0.717, 1.165) is 24.8 Å². The lowest BCUT2D eigenvalue weighted by Gasteiger charge is -2.39. The van der Waals surface area contributed by atoms with Crippen LogP contribution in [0.3, 0.4) is 0 Å². The lowest BCUT2D eigenvalue weighted by molar-refractivity contribution is -0.148. The third kappa shape index (κ3) is 4.69. The lowest BCUT2D eigenvalue weighted by Crippen LogP contribution is -2.54. The Bertz CT molecular complexity index is 711. The molecule has 2 fully saturated rings. The Labute approximate surface area is 166 Å². The number of nitrogens with one attached hydrogen (secondary N) is 1. The predicted octanol–water partition coefficient (Wildman–Crippen LogP) is 2.36. The first-order valence-electron chi connectivity index (χ1n) is 10.3. The van der Waals surface area contributed by atoms with Crippen molar-refractivity contribution in [2.24, 2.45) is 5.92 Å². The molecule has 7 heteroatoms. The summed E-state index contributed by atoms with van der Waals surface area (Å²) in [6, 6.07) is 3.38. The molecule has 3 amide bonds. The molecular formula is C21H30N4O3. The van der Waals surface area contributed by atoms with Crippen molar-refractivity contribution in [3.05, 3.63) is 23.9 Å². The summed E-state index contributed by atoms with van der Waals surface area (Å²) in [7, 11) is 0. The van der Waals surface area contributed by atoms with Gasteiger partial charge >= 0.3 is 0 Å². The minimum atomic E-state index is -0.330. The third-order valence-corrected chi connectivity index (χ3v) is 5.75. The second kappa shape index (κ2) is 9.17. The van der Waals surface area contributed by atoms with Crippen LogP contribution in [0.5, 0.6) is 0 Å². The van der Waals surface area contributed by atoms with E-state index in [9.17, 15) is 14.4 Å². The number of carbonyl (C=O) groups excluding carboxylic acids is 3. The van der Waals surface area contributed by atoms with Crippen LogP contribution in [0.15, 0.2) is 18.3 Å². The number of nitrogens with zero attached hydrogens (tertiary/aromatic N) is 3. The van der Waals surface area contributed by atoms with Gasteiger partial charge in [0.25, 0.3) is 0 Å². The molecular weight excluding hydrogens is 356 g/mol. The number of anilines is 1. The Morgan fingerprint density at radius 3 is 2.50 bits per heavy atom. The number of carbonyl (C=O) groups is 3. The molecule has 0 spiro atoms. The number of pyridine rings is 1. The summed E-state index contributed by atoms with van der Waals surface area (Å²) in [6.07, 6.45) is 6.11. The fourth-order valence-electron chi connectivity index (χ4n) is 4.03. The van der Waals surface area contributed by atoms with Crippen molar-refractivity contribution in [1.82, 2.24) is 14.8 Å². The summed E-state index contributed by atoms with van der Waals surface area (Å²) < 4.78 is 0. The zero-order valence-electron chi connectivity index (χ0n) is 16.8. The highest BCUT2D eigenvalue weighted by Crippen LogP contribution is 2.24. The van der Waals surface area contributed by atoms with Crippen molar-refractivity contribution < 1.29 is 14.4 Å². The zero-order chi connectivity index (χ0) is 20.1. The summed E-state index contributed by atoms with van der Waals surface area (Å²) in [4.78, 5) is 45.5. The molecule has 7 nitrogen and oxygen atoms in total. The maximum atomic E-state index is 13.0. The molecule has 1 N–H and O–H groups in total. The number of likely N-dealkylation sites (tertiary alicyclic amines) is 2. The van der Waals surface area contributed by atoms with Gasteiger partial charge in [-0.25, -0.2) is 4.98 Å². The van der Waals surface area contributed by atoms with Crippen LogP contribution in [0.25, 0.3) is 0 Å². The molecule has 1 unspecified atom stereocenters. The fraction of sp³-hybridized carbons (Fsp3) is 0.619. The van der Waals surface area contributed by atoms with Gasteiger partial charge in [0, 0.05) is 38.2 Å². The number of hydrogen-bond donors (Lipinski definition) is 1. The Kier molecular flexibility index (Phi) is 6.65. The van der Waals surface area contributed by atoms with Gasteiger partial charge in [-0.2, -0.15) is 0 Å².